The van der Waals surface area contributed by atoms with E-state index in [1.165, 1.54) is 6.08 Å². The summed E-state index contributed by atoms with van der Waals surface area (Å²) >= 11 is 5.84. The van der Waals surface area contributed by atoms with Crippen LogP contribution in [-0.2, 0) is 16.1 Å². The zero-order chi connectivity index (χ0) is 19.9. The third-order valence-corrected chi connectivity index (χ3v) is 3.90. The number of carbonyl (C=O) groups excluding carboxylic acids is 1. The smallest absolute Gasteiger partial charge is 0.349 e. The van der Waals surface area contributed by atoms with Gasteiger partial charge >= 0.3 is 5.97 Å². The normalized spacial score (nSPS) is 11.0. The molecule has 0 aliphatic carbocycles. The van der Waals surface area contributed by atoms with Crippen molar-refractivity contribution in [3.63, 3.8) is 0 Å². The third-order valence-electron chi connectivity index (χ3n) is 3.65. The Hall–Kier alpha value is -3.63. The second-order valence-electron chi connectivity index (χ2n) is 5.53. The van der Waals surface area contributed by atoms with Gasteiger partial charge in [-0.2, -0.15) is 5.26 Å². The van der Waals surface area contributed by atoms with Crippen LogP contribution in [0.2, 0.25) is 5.02 Å². The van der Waals surface area contributed by atoms with E-state index in [0.29, 0.717) is 21.9 Å². The summed E-state index contributed by atoms with van der Waals surface area (Å²) in [5.41, 5.74) is 1.20. The second-order valence-corrected chi connectivity index (χ2v) is 5.96. The molecule has 0 spiro atoms. The number of halogens is 1. The quantitative estimate of drug-likeness (QED) is 0.352. The van der Waals surface area contributed by atoms with Gasteiger partial charge in [0.1, 0.15) is 17.4 Å². The molecule has 1 heterocycles. The lowest BCUT2D eigenvalue weighted by atomic mass is 10.1. The number of ether oxygens (including phenoxy) is 2. The highest BCUT2D eigenvalue weighted by Gasteiger charge is 2.14. The molecule has 1 aromatic heterocycles. The summed E-state index contributed by atoms with van der Waals surface area (Å²) in [6.07, 6.45) is 1.43. The van der Waals surface area contributed by atoms with Gasteiger partial charge in [-0.3, -0.25) is 0 Å². The largest absolute Gasteiger partial charge is 0.497 e. The van der Waals surface area contributed by atoms with Crippen molar-refractivity contribution in [2.24, 2.45) is 0 Å². The van der Waals surface area contributed by atoms with E-state index in [0.717, 1.165) is 0 Å². The van der Waals surface area contributed by atoms with Gasteiger partial charge in [0.15, 0.2) is 6.61 Å². The molecule has 3 aromatic rings. The number of benzene rings is 2. The van der Waals surface area contributed by atoms with Crippen LogP contribution < -0.4 is 4.74 Å². The van der Waals surface area contributed by atoms with Crippen molar-refractivity contribution in [1.82, 2.24) is 10.2 Å². The molecule has 0 amide bonds. The molecule has 7 nitrogen and oxygen atoms in total. The Labute approximate surface area is 165 Å². The number of aromatic nitrogens is 2. The first-order valence-corrected chi connectivity index (χ1v) is 8.48. The van der Waals surface area contributed by atoms with E-state index in [2.05, 4.69) is 10.2 Å². The van der Waals surface area contributed by atoms with Gasteiger partial charge in [0.2, 0.25) is 5.89 Å². The van der Waals surface area contributed by atoms with Crippen molar-refractivity contribution >= 4 is 23.6 Å². The maximum absolute atomic E-state index is 12.1. The van der Waals surface area contributed by atoms with Crippen LogP contribution in [0.5, 0.6) is 5.75 Å². The standard InChI is InChI=1S/C20H14ClN3O4/c1-26-17-8-2-13(3-9-17)10-15(11-22)20(25)27-12-18-23-24-19(28-18)14-4-6-16(21)7-5-14/h2-10H,12H2,1H3/b15-10+. The Morgan fingerprint density at radius 3 is 2.54 bits per heavy atom. The van der Waals surface area contributed by atoms with Crippen LogP contribution in [-0.4, -0.2) is 23.3 Å². The maximum atomic E-state index is 12.1. The van der Waals surface area contributed by atoms with Crippen LogP contribution >= 0.6 is 11.6 Å². The molecule has 0 saturated carbocycles. The third kappa shape index (κ3) is 4.75. The number of methoxy groups -OCH3 is 1. The highest BCUT2D eigenvalue weighted by molar-refractivity contribution is 6.30. The SMILES string of the molecule is COc1ccc(/C=C(\C#N)C(=O)OCc2nnc(-c3ccc(Cl)cc3)o2)cc1. The number of hydrogen-bond donors (Lipinski definition) is 0. The Kier molecular flexibility index (Phi) is 6.04. The van der Waals surface area contributed by atoms with Crippen molar-refractivity contribution in [3.05, 3.63) is 70.6 Å². The van der Waals surface area contributed by atoms with Gasteiger partial charge in [-0.1, -0.05) is 23.7 Å². The fourth-order valence-electron chi connectivity index (χ4n) is 2.23. The van der Waals surface area contributed by atoms with E-state index in [4.69, 9.17) is 25.5 Å². The van der Waals surface area contributed by atoms with E-state index in [1.807, 2.05) is 6.07 Å². The molecule has 2 aromatic carbocycles. The first kappa shape index (κ1) is 19.1. The van der Waals surface area contributed by atoms with Crippen LogP contribution in [0.25, 0.3) is 17.5 Å². The number of nitrogens with zero attached hydrogens (tertiary/aromatic N) is 3. The van der Waals surface area contributed by atoms with E-state index in [9.17, 15) is 10.1 Å². The first-order chi connectivity index (χ1) is 13.6. The van der Waals surface area contributed by atoms with E-state index in [1.54, 1.807) is 55.6 Å². The Balaban J connectivity index is 1.64. The monoisotopic (exact) mass is 395 g/mol. The Morgan fingerprint density at radius 1 is 1.18 bits per heavy atom. The number of carbonyl (C=O) groups is 1. The summed E-state index contributed by atoms with van der Waals surface area (Å²) in [6.45, 7) is -0.249. The van der Waals surface area contributed by atoms with E-state index >= 15 is 0 Å². The molecule has 0 fully saturated rings. The molecule has 0 saturated heterocycles. The summed E-state index contributed by atoms with van der Waals surface area (Å²) in [6, 6.07) is 15.6. The van der Waals surface area contributed by atoms with Gasteiger partial charge in [-0.05, 0) is 48.0 Å². The zero-order valence-electron chi connectivity index (χ0n) is 14.8. The summed E-state index contributed by atoms with van der Waals surface area (Å²) in [5, 5.41) is 17.5. The minimum absolute atomic E-state index is 0.111. The first-order valence-electron chi connectivity index (χ1n) is 8.10. The molecule has 0 atom stereocenters. The molecule has 0 bridgehead atoms. The molecule has 8 heteroatoms. The summed E-state index contributed by atoms with van der Waals surface area (Å²) in [7, 11) is 1.55. The Morgan fingerprint density at radius 2 is 1.89 bits per heavy atom. The summed E-state index contributed by atoms with van der Waals surface area (Å²) in [5.74, 6) is 0.271. The van der Waals surface area contributed by atoms with Gasteiger partial charge in [-0.25, -0.2) is 4.79 Å². The van der Waals surface area contributed by atoms with Gasteiger partial charge in [0.25, 0.3) is 5.89 Å². The van der Waals surface area contributed by atoms with Crippen LogP contribution in [0.4, 0.5) is 0 Å². The molecule has 0 aliphatic rings. The number of rotatable bonds is 6. The van der Waals surface area contributed by atoms with Gasteiger partial charge in [0, 0.05) is 10.6 Å². The average Bonchev–Trinajstić information content (AvgIpc) is 3.20. The molecule has 0 aliphatic heterocycles. The fourth-order valence-corrected chi connectivity index (χ4v) is 2.36. The van der Waals surface area contributed by atoms with E-state index < -0.39 is 5.97 Å². The predicted octanol–water partition coefficient (Wildman–Crippen LogP) is 4.05. The lowest BCUT2D eigenvalue weighted by Gasteiger charge is -2.02. The van der Waals surface area contributed by atoms with Crippen molar-refractivity contribution < 1.29 is 18.7 Å². The van der Waals surface area contributed by atoms with Crippen molar-refractivity contribution in [2.75, 3.05) is 7.11 Å². The minimum Gasteiger partial charge on any atom is -0.497 e. The molecule has 28 heavy (non-hydrogen) atoms. The molecular weight excluding hydrogens is 382 g/mol. The molecule has 0 unspecified atom stereocenters. The van der Waals surface area contributed by atoms with Crippen molar-refractivity contribution in [2.45, 2.75) is 6.61 Å². The predicted molar refractivity (Wildman–Crippen MR) is 101 cm³/mol. The highest BCUT2D eigenvalue weighted by atomic mass is 35.5. The fraction of sp³-hybridized carbons (Fsp3) is 0.100. The van der Waals surface area contributed by atoms with Crippen molar-refractivity contribution in [1.29, 1.82) is 5.26 Å². The number of nitriles is 1. The molecule has 0 N–H and O–H groups in total. The lowest BCUT2D eigenvalue weighted by Crippen LogP contribution is -2.07. The molecular formula is C20H14ClN3O4. The van der Waals surface area contributed by atoms with Crippen LogP contribution in [0.3, 0.4) is 0 Å². The molecule has 0 radical (unpaired) electrons. The maximum Gasteiger partial charge on any atom is 0.349 e. The average molecular weight is 396 g/mol. The number of hydrogen-bond acceptors (Lipinski definition) is 7. The lowest BCUT2D eigenvalue weighted by molar-refractivity contribution is -0.140. The van der Waals surface area contributed by atoms with E-state index in [-0.39, 0.29) is 24.0 Å². The highest BCUT2D eigenvalue weighted by Crippen LogP contribution is 2.20. The molecule has 140 valence electrons. The summed E-state index contributed by atoms with van der Waals surface area (Å²) in [4.78, 5) is 12.1. The van der Waals surface area contributed by atoms with Crippen molar-refractivity contribution in [3.8, 4) is 23.3 Å². The van der Waals surface area contributed by atoms with Crippen LogP contribution in [0, 0.1) is 11.3 Å². The van der Waals surface area contributed by atoms with Gasteiger partial charge in [0.05, 0.1) is 7.11 Å². The second kappa shape index (κ2) is 8.84. The van der Waals surface area contributed by atoms with Gasteiger partial charge in [-0.15, -0.1) is 10.2 Å². The van der Waals surface area contributed by atoms with Crippen LogP contribution in [0.15, 0.2) is 58.5 Å². The minimum atomic E-state index is -0.787. The van der Waals surface area contributed by atoms with Crippen LogP contribution in [0.1, 0.15) is 11.5 Å². The summed E-state index contributed by atoms with van der Waals surface area (Å²) < 4.78 is 15.6. The topological polar surface area (TPSA) is 98.2 Å². The number of esters is 1. The molecule has 3 rings (SSSR count). The Bertz CT molecular complexity index is 1030. The zero-order valence-corrected chi connectivity index (χ0v) is 15.5. The van der Waals surface area contributed by atoms with Gasteiger partial charge < -0.3 is 13.9 Å².